The minimum absolute atomic E-state index is 0.0644. The Bertz CT molecular complexity index is 682. The molecule has 2 aromatic carbocycles. The van der Waals surface area contributed by atoms with Gasteiger partial charge in [0.1, 0.15) is 0 Å². The van der Waals surface area contributed by atoms with E-state index in [-0.39, 0.29) is 24.8 Å². The number of aryl methyl sites for hydroxylation is 2. The van der Waals surface area contributed by atoms with E-state index in [1.165, 1.54) is 11.1 Å². The molecule has 0 aliphatic heterocycles. The van der Waals surface area contributed by atoms with Crippen LogP contribution in [0.15, 0.2) is 54.6 Å². The van der Waals surface area contributed by atoms with Gasteiger partial charge in [-0.1, -0.05) is 54.6 Å². The Kier molecular flexibility index (Phi) is 6.55. The van der Waals surface area contributed by atoms with Crippen LogP contribution >= 0.6 is 0 Å². The summed E-state index contributed by atoms with van der Waals surface area (Å²) in [6.07, 6.45) is 1.43. The fraction of sp³-hybridized carbons (Fsp3) is 0.300. The van der Waals surface area contributed by atoms with Gasteiger partial charge in [-0.2, -0.15) is 0 Å². The van der Waals surface area contributed by atoms with Gasteiger partial charge < -0.3 is 10.4 Å². The summed E-state index contributed by atoms with van der Waals surface area (Å²) in [6, 6.07) is 17.8. The molecule has 2 rings (SSSR count). The number of carboxylic acid groups (broad SMARTS) is 1. The van der Waals surface area contributed by atoms with E-state index in [9.17, 15) is 9.59 Å². The number of hydrogen-bond acceptors (Lipinski definition) is 2. The fourth-order valence-electron chi connectivity index (χ4n) is 2.74. The summed E-state index contributed by atoms with van der Waals surface area (Å²) < 4.78 is 0. The number of carbonyl (C=O) groups is 2. The Labute approximate surface area is 142 Å². The molecule has 1 atom stereocenters. The van der Waals surface area contributed by atoms with Gasteiger partial charge in [0, 0.05) is 6.54 Å². The first-order valence-electron chi connectivity index (χ1n) is 8.17. The zero-order valence-corrected chi connectivity index (χ0v) is 13.9. The number of carbonyl (C=O) groups excluding carboxylic acids is 1. The van der Waals surface area contributed by atoms with Gasteiger partial charge >= 0.3 is 5.97 Å². The van der Waals surface area contributed by atoms with Crippen LogP contribution in [0.2, 0.25) is 0 Å². The largest absolute Gasteiger partial charge is 0.481 e. The van der Waals surface area contributed by atoms with Crippen molar-refractivity contribution in [3.05, 3.63) is 71.3 Å². The van der Waals surface area contributed by atoms with E-state index in [0.29, 0.717) is 6.42 Å². The van der Waals surface area contributed by atoms with Gasteiger partial charge in [-0.25, -0.2) is 0 Å². The van der Waals surface area contributed by atoms with Crippen molar-refractivity contribution in [1.29, 1.82) is 0 Å². The maximum absolute atomic E-state index is 12.5. The smallest absolute Gasteiger partial charge is 0.305 e. The Morgan fingerprint density at radius 2 is 1.71 bits per heavy atom. The van der Waals surface area contributed by atoms with Gasteiger partial charge in [0.05, 0.1) is 12.3 Å². The highest BCUT2D eigenvalue weighted by atomic mass is 16.4. The Hall–Kier alpha value is -2.62. The summed E-state index contributed by atoms with van der Waals surface area (Å²) >= 11 is 0. The average molecular weight is 325 g/mol. The minimum atomic E-state index is -0.911. The highest BCUT2D eigenvalue weighted by molar-refractivity contribution is 5.84. The van der Waals surface area contributed by atoms with Crippen molar-refractivity contribution in [2.24, 2.45) is 0 Å². The number of rotatable bonds is 8. The number of carboxylic acids is 1. The molecule has 0 aliphatic carbocycles. The number of nitrogens with one attached hydrogen (secondary N) is 1. The Balaban J connectivity index is 2.07. The van der Waals surface area contributed by atoms with Crippen molar-refractivity contribution in [3.8, 4) is 0 Å². The van der Waals surface area contributed by atoms with Crippen LogP contribution in [0.3, 0.4) is 0 Å². The molecular formula is C20H23NO3. The Morgan fingerprint density at radius 1 is 1.04 bits per heavy atom. The third kappa shape index (κ3) is 5.23. The number of benzene rings is 2. The molecule has 4 heteroatoms. The van der Waals surface area contributed by atoms with Crippen LogP contribution in [0, 0.1) is 6.92 Å². The zero-order valence-electron chi connectivity index (χ0n) is 13.9. The molecule has 0 aromatic heterocycles. The SMILES string of the molecule is Cc1ccccc1CCC(C(=O)NCCC(=O)O)c1ccccc1. The third-order valence-corrected chi connectivity index (χ3v) is 4.12. The van der Waals surface area contributed by atoms with Crippen LogP contribution in [0.5, 0.6) is 0 Å². The van der Waals surface area contributed by atoms with Gasteiger partial charge in [0.25, 0.3) is 0 Å². The van der Waals surface area contributed by atoms with Crippen molar-refractivity contribution < 1.29 is 14.7 Å². The van der Waals surface area contributed by atoms with E-state index >= 15 is 0 Å². The van der Waals surface area contributed by atoms with Crippen LogP contribution in [0.4, 0.5) is 0 Å². The van der Waals surface area contributed by atoms with Crippen molar-refractivity contribution in [2.45, 2.75) is 32.1 Å². The van der Waals surface area contributed by atoms with E-state index in [4.69, 9.17) is 5.11 Å². The van der Waals surface area contributed by atoms with E-state index in [0.717, 1.165) is 12.0 Å². The minimum Gasteiger partial charge on any atom is -0.481 e. The summed E-state index contributed by atoms with van der Waals surface area (Å²) in [6.45, 7) is 2.22. The Morgan fingerprint density at radius 3 is 2.38 bits per heavy atom. The predicted molar refractivity (Wildman–Crippen MR) is 93.9 cm³/mol. The molecule has 2 aromatic rings. The zero-order chi connectivity index (χ0) is 17.4. The maximum Gasteiger partial charge on any atom is 0.305 e. The topological polar surface area (TPSA) is 66.4 Å². The predicted octanol–water partition coefficient (Wildman–Crippen LogP) is 3.30. The van der Waals surface area contributed by atoms with Gasteiger partial charge in [-0.3, -0.25) is 9.59 Å². The van der Waals surface area contributed by atoms with E-state index in [1.54, 1.807) is 0 Å². The lowest BCUT2D eigenvalue weighted by Crippen LogP contribution is -2.31. The second-order valence-electron chi connectivity index (χ2n) is 5.86. The molecule has 1 amide bonds. The molecule has 1 unspecified atom stereocenters. The molecule has 0 heterocycles. The van der Waals surface area contributed by atoms with Gasteiger partial charge in [0.15, 0.2) is 0 Å². The molecular weight excluding hydrogens is 302 g/mol. The van der Waals surface area contributed by atoms with Gasteiger partial charge in [0.2, 0.25) is 5.91 Å². The lowest BCUT2D eigenvalue weighted by molar-refractivity contribution is -0.136. The van der Waals surface area contributed by atoms with Crippen LogP contribution in [0.1, 0.15) is 35.4 Å². The number of hydrogen-bond donors (Lipinski definition) is 2. The highest BCUT2D eigenvalue weighted by Gasteiger charge is 2.20. The van der Waals surface area contributed by atoms with Gasteiger partial charge in [-0.05, 0) is 36.5 Å². The quantitative estimate of drug-likeness (QED) is 0.782. The average Bonchev–Trinajstić information content (AvgIpc) is 2.57. The van der Waals surface area contributed by atoms with Crippen molar-refractivity contribution in [1.82, 2.24) is 5.32 Å². The molecule has 0 radical (unpaired) electrons. The van der Waals surface area contributed by atoms with Crippen molar-refractivity contribution in [2.75, 3.05) is 6.54 Å². The van der Waals surface area contributed by atoms with Crippen molar-refractivity contribution in [3.63, 3.8) is 0 Å². The molecule has 0 bridgehead atoms. The summed E-state index contributed by atoms with van der Waals surface area (Å²) in [5, 5.41) is 11.5. The third-order valence-electron chi connectivity index (χ3n) is 4.12. The van der Waals surface area contributed by atoms with E-state index in [2.05, 4.69) is 24.4 Å². The molecule has 0 fully saturated rings. The molecule has 126 valence electrons. The molecule has 4 nitrogen and oxygen atoms in total. The molecule has 0 saturated carbocycles. The van der Waals surface area contributed by atoms with E-state index in [1.807, 2.05) is 42.5 Å². The number of amides is 1. The first kappa shape index (κ1) is 17.7. The summed E-state index contributed by atoms with van der Waals surface area (Å²) in [7, 11) is 0. The van der Waals surface area contributed by atoms with Gasteiger partial charge in [-0.15, -0.1) is 0 Å². The highest BCUT2D eigenvalue weighted by Crippen LogP contribution is 2.23. The first-order valence-corrected chi connectivity index (χ1v) is 8.17. The van der Waals surface area contributed by atoms with Crippen molar-refractivity contribution >= 4 is 11.9 Å². The van der Waals surface area contributed by atoms with E-state index < -0.39 is 5.97 Å². The van der Waals surface area contributed by atoms with Crippen LogP contribution in [0.25, 0.3) is 0 Å². The van der Waals surface area contributed by atoms with Crippen LogP contribution in [-0.4, -0.2) is 23.5 Å². The summed E-state index contributed by atoms with van der Waals surface area (Å²) in [4.78, 5) is 23.1. The van der Waals surface area contributed by atoms with Crippen LogP contribution in [-0.2, 0) is 16.0 Å². The summed E-state index contributed by atoms with van der Waals surface area (Å²) in [5.74, 6) is -1.30. The lowest BCUT2D eigenvalue weighted by atomic mass is 9.90. The second-order valence-corrected chi connectivity index (χ2v) is 5.86. The van der Waals surface area contributed by atoms with Crippen LogP contribution < -0.4 is 5.32 Å². The monoisotopic (exact) mass is 325 g/mol. The fourth-order valence-corrected chi connectivity index (χ4v) is 2.74. The second kappa shape index (κ2) is 8.87. The standard InChI is InChI=1S/C20H23NO3/c1-15-7-5-6-8-16(15)11-12-18(17-9-3-2-4-10-17)20(24)21-14-13-19(22)23/h2-10,18H,11-14H2,1H3,(H,21,24)(H,22,23). The normalized spacial score (nSPS) is 11.7. The molecule has 0 spiro atoms. The maximum atomic E-state index is 12.5. The molecule has 2 N–H and O–H groups in total. The molecule has 0 aliphatic rings. The first-order chi connectivity index (χ1) is 11.6. The lowest BCUT2D eigenvalue weighted by Gasteiger charge is -2.18. The number of aliphatic carboxylic acids is 1. The molecule has 0 saturated heterocycles. The summed E-state index contributed by atoms with van der Waals surface area (Å²) in [5.41, 5.74) is 3.41. The molecule has 24 heavy (non-hydrogen) atoms.